The van der Waals surface area contributed by atoms with Gasteiger partial charge in [-0.15, -0.1) is 0 Å². The van der Waals surface area contributed by atoms with Gasteiger partial charge in [-0.25, -0.2) is 4.72 Å². The minimum absolute atomic E-state index is 0.0493. The van der Waals surface area contributed by atoms with E-state index in [9.17, 15) is 13.2 Å². The zero-order chi connectivity index (χ0) is 21.0. The number of anilines is 2. The fourth-order valence-electron chi connectivity index (χ4n) is 2.75. The lowest BCUT2D eigenvalue weighted by Gasteiger charge is -2.18. The summed E-state index contributed by atoms with van der Waals surface area (Å²) in [5, 5.41) is 7.37. The predicted molar refractivity (Wildman–Crippen MR) is 105 cm³/mol. The molecule has 2 aromatic rings. The second kappa shape index (κ2) is 8.93. The zero-order valence-electron chi connectivity index (χ0n) is 16.7. The molecule has 3 rings (SSSR count). The van der Waals surface area contributed by atoms with Crippen LogP contribution in [0, 0.1) is 6.92 Å². The smallest absolute Gasteiger partial charge is 0.304 e. The van der Waals surface area contributed by atoms with Crippen LogP contribution in [0.15, 0.2) is 16.9 Å². The normalized spacial score (nSPS) is 16.9. The molecule has 1 aliphatic heterocycles. The van der Waals surface area contributed by atoms with Gasteiger partial charge in [-0.05, 0) is 26.7 Å². The summed E-state index contributed by atoms with van der Waals surface area (Å²) in [6.07, 6.45) is 4.50. The number of amides is 1. The summed E-state index contributed by atoms with van der Waals surface area (Å²) in [4.78, 5) is 16.4. The second-order valence-corrected chi connectivity index (χ2v) is 8.53. The first-order chi connectivity index (χ1) is 13.8. The van der Waals surface area contributed by atoms with Crippen molar-refractivity contribution in [1.82, 2.24) is 23.8 Å². The standard InChI is InChI=1S/C17H26N6O5S/c1-4-13(3)23-10-12(2)15(20-23)19-17-18-14(11-28-17)16(24)21-29(25,26)22-6-5-8-27-9-7-22/h10-11,13H,4-9H2,1-3H3,(H,21,24)(H,18,19,20). The number of aromatic nitrogens is 3. The van der Waals surface area contributed by atoms with Crippen molar-refractivity contribution >= 4 is 27.9 Å². The average molecular weight is 426 g/mol. The van der Waals surface area contributed by atoms with E-state index in [1.807, 2.05) is 22.5 Å². The minimum atomic E-state index is -3.98. The Morgan fingerprint density at radius 3 is 2.90 bits per heavy atom. The van der Waals surface area contributed by atoms with Crippen LogP contribution in [0.25, 0.3) is 0 Å². The molecule has 1 atom stereocenters. The Balaban J connectivity index is 1.66. The molecule has 1 unspecified atom stereocenters. The number of ether oxygens (including phenoxy) is 1. The lowest BCUT2D eigenvalue weighted by molar-refractivity contribution is 0.0973. The molecule has 2 N–H and O–H groups in total. The van der Waals surface area contributed by atoms with Gasteiger partial charge in [0.15, 0.2) is 11.5 Å². The molecule has 160 valence electrons. The lowest BCUT2D eigenvalue weighted by Crippen LogP contribution is -2.44. The van der Waals surface area contributed by atoms with Gasteiger partial charge >= 0.3 is 16.2 Å². The van der Waals surface area contributed by atoms with Crippen LogP contribution in [0.5, 0.6) is 0 Å². The number of hydrogen-bond acceptors (Lipinski definition) is 8. The molecule has 1 saturated heterocycles. The first-order valence-electron chi connectivity index (χ1n) is 9.48. The maximum absolute atomic E-state index is 12.4. The lowest BCUT2D eigenvalue weighted by atomic mass is 10.3. The summed E-state index contributed by atoms with van der Waals surface area (Å²) < 4.78 is 40.4. The molecule has 0 aliphatic carbocycles. The number of rotatable bonds is 7. The van der Waals surface area contributed by atoms with Crippen molar-refractivity contribution in [3.05, 3.63) is 23.7 Å². The topological polar surface area (TPSA) is 132 Å². The number of carbonyl (C=O) groups excluding carboxylic acids is 1. The number of nitrogens with zero attached hydrogens (tertiary/aromatic N) is 4. The van der Waals surface area contributed by atoms with Gasteiger partial charge in [0.25, 0.3) is 5.91 Å². The summed E-state index contributed by atoms with van der Waals surface area (Å²) in [5.74, 6) is -0.315. The Labute approximate surface area is 169 Å². The van der Waals surface area contributed by atoms with Gasteiger partial charge in [0.1, 0.15) is 6.26 Å². The number of hydrogen-bond donors (Lipinski definition) is 2. The molecule has 2 aromatic heterocycles. The summed E-state index contributed by atoms with van der Waals surface area (Å²) >= 11 is 0. The SMILES string of the molecule is CCC(C)n1cc(C)c(Nc2nc(C(=O)NS(=O)(=O)N3CCCOCC3)co2)n1. The molecular weight excluding hydrogens is 400 g/mol. The summed E-state index contributed by atoms with van der Waals surface area (Å²) in [6.45, 7) is 7.27. The molecule has 0 aromatic carbocycles. The van der Waals surface area contributed by atoms with Crippen LogP contribution in [-0.4, -0.2) is 59.7 Å². The van der Waals surface area contributed by atoms with Gasteiger partial charge in [0.05, 0.1) is 6.61 Å². The van der Waals surface area contributed by atoms with Crippen molar-refractivity contribution in [3.8, 4) is 0 Å². The molecule has 29 heavy (non-hydrogen) atoms. The van der Waals surface area contributed by atoms with Gasteiger partial charge in [-0.1, -0.05) is 6.92 Å². The summed E-state index contributed by atoms with van der Waals surface area (Å²) in [5.41, 5.74) is 0.738. The minimum Gasteiger partial charge on any atom is -0.431 e. The van der Waals surface area contributed by atoms with Crippen molar-refractivity contribution in [1.29, 1.82) is 0 Å². The van der Waals surface area contributed by atoms with E-state index in [0.717, 1.165) is 18.2 Å². The molecule has 11 nitrogen and oxygen atoms in total. The van der Waals surface area contributed by atoms with Crippen LogP contribution < -0.4 is 10.0 Å². The highest BCUT2D eigenvalue weighted by Crippen LogP contribution is 2.21. The third kappa shape index (κ3) is 5.14. The van der Waals surface area contributed by atoms with E-state index in [2.05, 4.69) is 29.2 Å². The monoisotopic (exact) mass is 426 g/mol. The Kier molecular flexibility index (Phi) is 6.55. The second-order valence-electron chi connectivity index (χ2n) is 6.86. The summed E-state index contributed by atoms with van der Waals surface area (Å²) in [6, 6.07) is 0.290. The Hall–Kier alpha value is -2.44. The highest BCUT2D eigenvalue weighted by molar-refractivity contribution is 7.87. The van der Waals surface area contributed by atoms with Gasteiger partial charge < -0.3 is 9.15 Å². The molecule has 0 radical (unpaired) electrons. The van der Waals surface area contributed by atoms with E-state index >= 15 is 0 Å². The van der Waals surface area contributed by atoms with E-state index in [0.29, 0.717) is 18.8 Å². The largest absolute Gasteiger partial charge is 0.431 e. The van der Waals surface area contributed by atoms with Crippen molar-refractivity contribution in [3.63, 3.8) is 0 Å². The number of oxazole rings is 1. The number of aryl methyl sites for hydroxylation is 1. The first kappa shape index (κ1) is 21.3. The highest BCUT2D eigenvalue weighted by atomic mass is 32.2. The maximum Gasteiger partial charge on any atom is 0.304 e. The van der Waals surface area contributed by atoms with Crippen LogP contribution in [0.2, 0.25) is 0 Å². The van der Waals surface area contributed by atoms with Gasteiger partial charge in [-0.2, -0.15) is 22.8 Å². The molecule has 1 amide bonds. The first-order valence-corrected chi connectivity index (χ1v) is 10.9. The Morgan fingerprint density at radius 1 is 1.34 bits per heavy atom. The molecule has 0 saturated carbocycles. The third-order valence-corrected chi connectivity index (χ3v) is 6.15. The van der Waals surface area contributed by atoms with Gasteiger partial charge in [0.2, 0.25) is 0 Å². The molecular formula is C17H26N6O5S. The molecule has 1 fully saturated rings. The van der Waals surface area contributed by atoms with E-state index in [1.165, 1.54) is 4.31 Å². The van der Waals surface area contributed by atoms with Crippen LogP contribution in [-0.2, 0) is 14.9 Å². The van der Waals surface area contributed by atoms with Crippen molar-refractivity contribution in [2.24, 2.45) is 0 Å². The molecule has 0 bridgehead atoms. The summed E-state index contributed by atoms with van der Waals surface area (Å²) in [7, 11) is -3.98. The van der Waals surface area contributed by atoms with Crippen molar-refractivity contribution in [2.75, 3.05) is 31.6 Å². The van der Waals surface area contributed by atoms with Gasteiger partial charge in [0, 0.05) is 37.5 Å². The molecule has 3 heterocycles. The Bertz CT molecular complexity index is 945. The highest BCUT2D eigenvalue weighted by Gasteiger charge is 2.27. The van der Waals surface area contributed by atoms with E-state index in [-0.39, 0.29) is 37.4 Å². The fourth-order valence-corrected chi connectivity index (χ4v) is 3.91. The van der Waals surface area contributed by atoms with Crippen LogP contribution in [0.3, 0.4) is 0 Å². The predicted octanol–water partition coefficient (Wildman–Crippen LogP) is 1.59. The van der Waals surface area contributed by atoms with E-state index in [4.69, 9.17) is 9.15 Å². The van der Waals surface area contributed by atoms with Gasteiger partial charge in [-0.3, -0.25) is 14.8 Å². The van der Waals surface area contributed by atoms with Crippen LogP contribution in [0.4, 0.5) is 11.8 Å². The Morgan fingerprint density at radius 2 is 2.14 bits per heavy atom. The average Bonchev–Trinajstić information content (AvgIpc) is 3.18. The quantitative estimate of drug-likeness (QED) is 0.682. The van der Waals surface area contributed by atoms with E-state index in [1.54, 1.807) is 0 Å². The zero-order valence-corrected chi connectivity index (χ0v) is 17.5. The van der Waals surface area contributed by atoms with Crippen LogP contribution >= 0.6 is 0 Å². The maximum atomic E-state index is 12.4. The molecule has 12 heteroatoms. The van der Waals surface area contributed by atoms with Crippen LogP contribution in [0.1, 0.15) is 48.8 Å². The number of nitrogens with one attached hydrogen (secondary N) is 2. The third-order valence-electron chi connectivity index (χ3n) is 4.66. The van der Waals surface area contributed by atoms with E-state index < -0.39 is 16.1 Å². The molecule has 0 spiro atoms. The number of carbonyl (C=O) groups is 1. The van der Waals surface area contributed by atoms with Crippen molar-refractivity contribution < 1.29 is 22.4 Å². The molecule has 1 aliphatic rings. The van der Waals surface area contributed by atoms with Crippen molar-refractivity contribution in [2.45, 2.75) is 39.7 Å². The fraction of sp³-hybridized carbons (Fsp3) is 0.588.